The Morgan fingerprint density at radius 3 is 2.15 bits per heavy atom. The first-order valence-corrected chi connectivity index (χ1v) is 11.5. The lowest BCUT2D eigenvalue weighted by molar-refractivity contribution is 0.425. The van der Waals surface area contributed by atoms with E-state index in [4.69, 9.17) is 0 Å². The van der Waals surface area contributed by atoms with E-state index in [2.05, 4.69) is 20.7 Å². The predicted octanol–water partition coefficient (Wildman–Crippen LogP) is 3.71. The normalized spacial score (nSPS) is 16.4. The van der Waals surface area contributed by atoms with Gasteiger partial charge in [0.05, 0.1) is 33.1 Å². The Morgan fingerprint density at radius 1 is 1.19 bits per heavy atom. The van der Waals surface area contributed by atoms with Crippen LogP contribution in [0, 0.1) is 23.0 Å². The summed E-state index contributed by atoms with van der Waals surface area (Å²) in [5.74, 6) is -3.18. The molecule has 0 radical (unpaired) electrons. The maximum Gasteiger partial charge on any atom is 0.170 e. The summed E-state index contributed by atoms with van der Waals surface area (Å²) in [6.07, 6.45) is 0. The standard InChI is InChI=1S/C17H23BrF2N2O3S2/c1-15(2,3)26(23)22-17(6,10-27(24,25)16(4,5)9-21)12-7-11(18)8-13(19)14(12)20/h7-8,22H,10H2,1-6H3/t17-,26-/m1/s1. The van der Waals surface area contributed by atoms with Crippen LogP contribution < -0.4 is 4.72 Å². The van der Waals surface area contributed by atoms with Crippen molar-refractivity contribution < 1.29 is 21.4 Å². The van der Waals surface area contributed by atoms with Gasteiger partial charge in [-0.05, 0) is 53.7 Å². The smallest absolute Gasteiger partial charge is 0.170 e. The summed E-state index contributed by atoms with van der Waals surface area (Å²) in [5.41, 5.74) is -2.05. The monoisotopic (exact) mass is 484 g/mol. The van der Waals surface area contributed by atoms with E-state index in [0.717, 1.165) is 6.07 Å². The average Bonchev–Trinajstić information content (AvgIpc) is 2.48. The van der Waals surface area contributed by atoms with Gasteiger partial charge in [-0.2, -0.15) is 5.26 Å². The first kappa shape index (κ1) is 24.1. The van der Waals surface area contributed by atoms with Crippen molar-refractivity contribution in [2.24, 2.45) is 0 Å². The summed E-state index contributed by atoms with van der Waals surface area (Å²) >= 11 is 3.07. The van der Waals surface area contributed by atoms with Gasteiger partial charge < -0.3 is 0 Å². The van der Waals surface area contributed by atoms with Gasteiger partial charge in [0.15, 0.2) is 26.2 Å². The molecule has 0 aliphatic rings. The summed E-state index contributed by atoms with van der Waals surface area (Å²) in [6.45, 7) is 8.74. The van der Waals surface area contributed by atoms with Gasteiger partial charge in [-0.3, -0.25) is 0 Å². The molecule has 0 amide bonds. The molecule has 27 heavy (non-hydrogen) atoms. The number of nitrogens with zero attached hydrogens (tertiary/aromatic N) is 1. The Bertz CT molecular complexity index is 906. The van der Waals surface area contributed by atoms with E-state index in [1.807, 2.05) is 0 Å². The molecule has 152 valence electrons. The Balaban J connectivity index is 3.66. The molecule has 0 aromatic heterocycles. The maximum atomic E-state index is 14.6. The van der Waals surface area contributed by atoms with E-state index in [-0.39, 0.29) is 10.0 Å². The van der Waals surface area contributed by atoms with E-state index < -0.39 is 53.2 Å². The molecular weight excluding hydrogens is 462 g/mol. The zero-order chi connectivity index (χ0) is 21.4. The van der Waals surface area contributed by atoms with Crippen LogP contribution in [0.25, 0.3) is 0 Å². The Hall–Kier alpha value is -0.890. The average molecular weight is 485 g/mol. The van der Waals surface area contributed by atoms with Gasteiger partial charge in [0, 0.05) is 10.0 Å². The van der Waals surface area contributed by atoms with Crippen LogP contribution in [-0.2, 0) is 26.4 Å². The summed E-state index contributed by atoms with van der Waals surface area (Å²) in [5, 5.41) is 9.20. The number of nitriles is 1. The van der Waals surface area contributed by atoms with E-state index in [1.165, 1.54) is 26.8 Å². The number of hydrogen-bond donors (Lipinski definition) is 1. The molecule has 0 aliphatic carbocycles. The molecule has 1 rings (SSSR count). The molecular formula is C17H23BrF2N2O3S2. The number of benzene rings is 1. The van der Waals surface area contributed by atoms with Gasteiger partial charge >= 0.3 is 0 Å². The molecule has 1 aromatic rings. The summed E-state index contributed by atoms with van der Waals surface area (Å²) in [7, 11) is -5.91. The lowest BCUT2D eigenvalue weighted by Gasteiger charge is -2.35. The van der Waals surface area contributed by atoms with Gasteiger partial charge in [-0.15, -0.1) is 0 Å². The lowest BCUT2D eigenvalue weighted by Crippen LogP contribution is -2.52. The number of rotatable bonds is 6. The fraction of sp³-hybridized carbons (Fsp3) is 0.588. The van der Waals surface area contributed by atoms with Crippen LogP contribution in [0.2, 0.25) is 0 Å². The number of nitrogens with one attached hydrogen (secondary N) is 1. The lowest BCUT2D eigenvalue weighted by atomic mass is 9.94. The SMILES string of the molecule is CC(C)(C)[S@@](=O)N[C@](C)(CS(=O)(=O)C(C)(C)C#N)c1cc(Br)cc(F)c1F. The van der Waals surface area contributed by atoms with Gasteiger partial charge in [-0.25, -0.2) is 26.1 Å². The van der Waals surface area contributed by atoms with Crippen molar-refractivity contribution >= 4 is 36.8 Å². The summed E-state index contributed by atoms with van der Waals surface area (Å²) in [6, 6.07) is 3.85. The molecule has 1 aromatic carbocycles. The highest BCUT2D eigenvalue weighted by Crippen LogP contribution is 2.33. The minimum Gasteiger partial charge on any atom is -0.242 e. The largest absolute Gasteiger partial charge is 0.242 e. The van der Waals surface area contributed by atoms with Gasteiger partial charge in [0.2, 0.25) is 0 Å². The van der Waals surface area contributed by atoms with Crippen LogP contribution in [0.5, 0.6) is 0 Å². The van der Waals surface area contributed by atoms with E-state index in [1.54, 1.807) is 26.8 Å². The highest BCUT2D eigenvalue weighted by Gasteiger charge is 2.44. The Kier molecular flexibility index (Phi) is 7.02. The van der Waals surface area contributed by atoms with Gasteiger partial charge in [0.25, 0.3) is 0 Å². The topological polar surface area (TPSA) is 87.0 Å². The van der Waals surface area contributed by atoms with Crippen molar-refractivity contribution in [3.63, 3.8) is 0 Å². The molecule has 0 bridgehead atoms. The van der Waals surface area contributed by atoms with Crippen molar-refractivity contribution in [1.82, 2.24) is 4.72 Å². The molecule has 0 fully saturated rings. The van der Waals surface area contributed by atoms with E-state index >= 15 is 0 Å². The summed E-state index contributed by atoms with van der Waals surface area (Å²) < 4.78 is 67.1. The second kappa shape index (κ2) is 7.85. The van der Waals surface area contributed by atoms with Crippen molar-refractivity contribution in [3.05, 3.63) is 33.8 Å². The van der Waals surface area contributed by atoms with E-state index in [9.17, 15) is 26.7 Å². The number of hydrogen-bond acceptors (Lipinski definition) is 4. The second-order valence-electron chi connectivity index (χ2n) is 7.95. The van der Waals surface area contributed by atoms with Crippen LogP contribution >= 0.6 is 15.9 Å². The molecule has 10 heteroatoms. The molecule has 1 N–H and O–H groups in total. The molecule has 0 saturated heterocycles. The highest BCUT2D eigenvalue weighted by molar-refractivity contribution is 9.10. The molecule has 0 spiro atoms. The zero-order valence-electron chi connectivity index (χ0n) is 16.0. The van der Waals surface area contributed by atoms with E-state index in [0.29, 0.717) is 0 Å². The molecule has 2 atom stereocenters. The highest BCUT2D eigenvalue weighted by atomic mass is 79.9. The third-order valence-electron chi connectivity index (χ3n) is 3.99. The minimum atomic E-state index is -4.11. The Morgan fingerprint density at radius 2 is 1.70 bits per heavy atom. The molecule has 5 nitrogen and oxygen atoms in total. The van der Waals surface area contributed by atoms with Crippen molar-refractivity contribution in [2.75, 3.05) is 5.75 Å². The number of halogens is 3. The van der Waals surface area contributed by atoms with Crippen LogP contribution in [-0.4, -0.2) is 27.9 Å². The first-order valence-electron chi connectivity index (χ1n) is 7.95. The third kappa shape index (κ3) is 5.34. The molecule has 0 aliphatic heterocycles. The molecule has 0 unspecified atom stereocenters. The van der Waals surface area contributed by atoms with Crippen molar-refractivity contribution in [2.45, 2.75) is 56.6 Å². The van der Waals surface area contributed by atoms with Crippen LogP contribution in [0.3, 0.4) is 0 Å². The third-order valence-corrected chi connectivity index (χ3v) is 8.80. The quantitative estimate of drug-likeness (QED) is 0.623. The maximum absolute atomic E-state index is 14.6. The van der Waals surface area contributed by atoms with Crippen LogP contribution in [0.4, 0.5) is 8.78 Å². The first-order chi connectivity index (χ1) is 12.0. The minimum absolute atomic E-state index is 0.197. The predicted molar refractivity (Wildman–Crippen MR) is 106 cm³/mol. The fourth-order valence-electron chi connectivity index (χ4n) is 2.11. The fourth-order valence-corrected chi connectivity index (χ4v) is 5.01. The number of sulfone groups is 1. The molecule has 0 heterocycles. The van der Waals surface area contributed by atoms with Crippen LogP contribution in [0.15, 0.2) is 16.6 Å². The molecule has 0 saturated carbocycles. The zero-order valence-corrected chi connectivity index (χ0v) is 19.2. The van der Waals surface area contributed by atoms with Crippen LogP contribution in [0.1, 0.15) is 47.1 Å². The summed E-state index contributed by atoms with van der Waals surface area (Å²) in [4.78, 5) is 0. The van der Waals surface area contributed by atoms with Crippen molar-refractivity contribution in [1.29, 1.82) is 5.26 Å². The Labute approximate surface area is 170 Å². The second-order valence-corrected chi connectivity index (χ2v) is 13.4. The van der Waals surface area contributed by atoms with Gasteiger partial charge in [0.1, 0.15) is 0 Å². The van der Waals surface area contributed by atoms with Crippen molar-refractivity contribution in [3.8, 4) is 6.07 Å². The van der Waals surface area contributed by atoms with Gasteiger partial charge in [-0.1, -0.05) is 15.9 Å².